The van der Waals surface area contributed by atoms with Crippen molar-refractivity contribution >= 4 is 23.2 Å². The molecule has 4 rings (SSSR count). The molecule has 5 heteroatoms. The molecular weight excluding hydrogens is 372 g/mol. The number of hydrogen-bond acceptors (Lipinski definition) is 3. The Morgan fingerprint density at radius 1 is 1.07 bits per heavy atom. The minimum absolute atomic E-state index is 0.0546. The summed E-state index contributed by atoms with van der Waals surface area (Å²) in [6, 6.07) is 15.6. The number of amides is 1. The van der Waals surface area contributed by atoms with E-state index in [9.17, 15) is 4.79 Å². The summed E-state index contributed by atoms with van der Waals surface area (Å²) >= 11 is 6.05. The Morgan fingerprint density at radius 3 is 2.57 bits per heavy atom. The second-order valence-corrected chi connectivity index (χ2v) is 8.23. The van der Waals surface area contributed by atoms with Gasteiger partial charge in [-0.05, 0) is 36.8 Å². The predicted molar refractivity (Wildman–Crippen MR) is 114 cm³/mol. The number of carbonyl (C=O) groups is 1. The minimum Gasteiger partial charge on any atom is -0.485 e. The minimum atomic E-state index is -0.191. The van der Waals surface area contributed by atoms with Crippen molar-refractivity contribution in [1.29, 1.82) is 0 Å². The molecule has 28 heavy (non-hydrogen) atoms. The fourth-order valence-corrected chi connectivity index (χ4v) is 4.51. The van der Waals surface area contributed by atoms with Gasteiger partial charge in [0.25, 0.3) is 5.91 Å². The highest BCUT2D eigenvalue weighted by molar-refractivity contribution is 6.30. The van der Waals surface area contributed by atoms with Gasteiger partial charge in [0.15, 0.2) is 0 Å². The summed E-state index contributed by atoms with van der Waals surface area (Å²) in [5, 5.41) is 0.596. The average Bonchev–Trinajstić information content (AvgIpc) is 2.86. The molecule has 0 unspecified atom stereocenters. The lowest BCUT2D eigenvalue weighted by atomic mass is 9.87. The van der Waals surface area contributed by atoms with E-state index in [2.05, 4.69) is 30.0 Å². The van der Waals surface area contributed by atoms with Crippen molar-refractivity contribution in [3.63, 3.8) is 0 Å². The molecule has 0 radical (unpaired) electrons. The first-order valence-electron chi connectivity index (χ1n) is 10.2. The molecule has 2 heterocycles. The lowest BCUT2D eigenvalue weighted by molar-refractivity contribution is 0.00241. The number of para-hydroxylation sites is 2. The second kappa shape index (κ2) is 8.04. The predicted octanol–water partition coefficient (Wildman–Crippen LogP) is 5.01. The van der Waals surface area contributed by atoms with E-state index in [0.29, 0.717) is 23.7 Å². The Kier molecular flexibility index (Phi) is 5.49. The first-order valence-corrected chi connectivity index (χ1v) is 10.6. The summed E-state index contributed by atoms with van der Waals surface area (Å²) in [4.78, 5) is 17.2. The van der Waals surface area contributed by atoms with Crippen LogP contribution in [0.15, 0.2) is 48.5 Å². The van der Waals surface area contributed by atoms with Crippen LogP contribution < -0.4 is 9.64 Å². The molecule has 2 aromatic carbocycles. The molecule has 2 aliphatic heterocycles. The molecule has 0 saturated carbocycles. The zero-order chi connectivity index (χ0) is 19.6. The van der Waals surface area contributed by atoms with Crippen molar-refractivity contribution in [3.05, 3.63) is 59.1 Å². The van der Waals surface area contributed by atoms with Gasteiger partial charge >= 0.3 is 0 Å². The zero-order valence-corrected chi connectivity index (χ0v) is 17.1. The number of carbonyl (C=O) groups excluding carboxylic acids is 1. The highest BCUT2D eigenvalue weighted by Gasteiger charge is 2.40. The van der Waals surface area contributed by atoms with Crippen LogP contribution in [-0.2, 0) is 0 Å². The van der Waals surface area contributed by atoms with E-state index in [0.717, 1.165) is 44.5 Å². The number of rotatable bonds is 3. The van der Waals surface area contributed by atoms with Gasteiger partial charge in [-0.3, -0.25) is 4.79 Å². The number of anilines is 1. The summed E-state index contributed by atoms with van der Waals surface area (Å²) in [6.45, 7) is 5.66. The SMILES string of the molecule is CCCN1CCC2(CCN(C(=O)c3cccc(Cl)c3)CC2)Oc2ccccc21. The molecule has 1 amide bonds. The smallest absolute Gasteiger partial charge is 0.253 e. The number of fused-ring (bicyclic) bond motifs is 1. The fourth-order valence-electron chi connectivity index (χ4n) is 4.32. The number of nitrogens with zero attached hydrogens (tertiary/aromatic N) is 2. The van der Waals surface area contributed by atoms with E-state index in [1.807, 2.05) is 23.1 Å². The maximum atomic E-state index is 12.8. The molecule has 0 aliphatic carbocycles. The van der Waals surface area contributed by atoms with Crippen molar-refractivity contribution in [2.75, 3.05) is 31.1 Å². The number of benzene rings is 2. The molecule has 2 aliphatic rings. The Morgan fingerprint density at radius 2 is 1.82 bits per heavy atom. The molecule has 1 saturated heterocycles. The van der Waals surface area contributed by atoms with E-state index in [1.165, 1.54) is 5.69 Å². The molecule has 2 aromatic rings. The van der Waals surface area contributed by atoms with Gasteiger partial charge in [-0.2, -0.15) is 0 Å². The van der Waals surface area contributed by atoms with Gasteiger partial charge in [0.1, 0.15) is 11.4 Å². The highest BCUT2D eigenvalue weighted by Crippen LogP contribution is 2.40. The van der Waals surface area contributed by atoms with Crippen LogP contribution in [0.25, 0.3) is 0 Å². The lowest BCUT2D eigenvalue weighted by Gasteiger charge is -2.41. The summed E-state index contributed by atoms with van der Waals surface area (Å²) in [6.07, 6.45) is 3.81. The van der Waals surface area contributed by atoms with Gasteiger partial charge in [-0.15, -0.1) is 0 Å². The third-order valence-corrected chi connectivity index (χ3v) is 6.13. The number of piperidine rings is 1. The first kappa shape index (κ1) is 19.1. The maximum Gasteiger partial charge on any atom is 0.253 e. The highest BCUT2D eigenvalue weighted by atomic mass is 35.5. The zero-order valence-electron chi connectivity index (χ0n) is 16.4. The third-order valence-electron chi connectivity index (χ3n) is 5.90. The first-order chi connectivity index (χ1) is 13.6. The summed E-state index contributed by atoms with van der Waals surface area (Å²) in [5.74, 6) is 1.03. The van der Waals surface area contributed by atoms with Gasteiger partial charge in [0.05, 0.1) is 5.69 Å². The lowest BCUT2D eigenvalue weighted by Crippen LogP contribution is -2.50. The fraction of sp³-hybridized carbons (Fsp3) is 0.435. The number of ether oxygens (including phenoxy) is 1. The van der Waals surface area contributed by atoms with E-state index >= 15 is 0 Å². The summed E-state index contributed by atoms with van der Waals surface area (Å²) < 4.78 is 6.61. The summed E-state index contributed by atoms with van der Waals surface area (Å²) in [5.41, 5.74) is 1.66. The molecule has 0 atom stereocenters. The van der Waals surface area contributed by atoms with Crippen LogP contribution in [-0.4, -0.2) is 42.6 Å². The Bertz CT molecular complexity index is 846. The van der Waals surface area contributed by atoms with Crippen LogP contribution in [0.2, 0.25) is 5.02 Å². The van der Waals surface area contributed by atoms with Gasteiger partial charge < -0.3 is 14.5 Å². The van der Waals surface area contributed by atoms with Crippen LogP contribution in [0.4, 0.5) is 5.69 Å². The molecular formula is C23H27ClN2O2. The van der Waals surface area contributed by atoms with Crippen molar-refractivity contribution in [2.24, 2.45) is 0 Å². The molecule has 148 valence electrons. The van der Waals surface area contributed by atoms with E-state index in [4.69, 9.17) is 16.3 Å². The monoisotopic (exact) mass is 398 g/mol. The van der Waals surface area contributed by atoms with Gasteiger partial charge in [0.2, 0.25) is 0 Å². The van der Waals surface area contributed by atoms with Crippen LogP contribution >= 0.6 is 11.6 Å². The van der Waals surface area contributed by atoms with Crippen LogP contribution in [0.3, 0.4) is 0 Å². The molecule has 0 aromatic heterocycles. The molecule has 0 bridgehead atoms. The van der Waals surface area contributed by atoms with E-state index in [-0.39, 0.29) is 11.5 Å². The van der Waals surface area contributed by atoms with Crippen molar-refractivity contribution < 1.29 is 9.53 Å². The Hall–Kier alpha value is -2.20. The summed E-state index contributed by atoms with van der Waals surface area (Å²) in [7, 11) is 0. The van der Waals surface area contributed by atoms with Crippen molar-refractivity contribution in [3.8, 4) is 5.75 Å². The third kappa shape index (κ3) is 3.83. The molecule has 1 spiro atoms. The van der Waals surface area contributed by atoms with Crippen molar-refractivity contribution in [2.45, 2.75) is 38.2 Å². The topological polar surface area (TPSA) is 32.8 Å². The average molecular weight is 399 g/mol. The standard InChI is InChI=1S/C23H27ClN2O2/c1-2-13-25-14-10-23(28-21-9-4-3-8-20(21)25)11-15-26(16-12-23)22(27)18-6-5-7-19(24)17-18/h3-9,17H,2,10-16H2,1H3. The Labute approximate surface area is 172 Å². The van der Waals surface area contributed by atoms with E-state index in [1.54, 1.807) is 12.1 Å². The van der Waals surface area contributed by atoms with Gasteiger partial charge in [-0.25, -0.2) is 0 Å². The molecule has 4 nitrogen and oxygen atoms in total. The number of likely N-dealkylation sites (tertiary alicyclic amines) is 1. The largest absolute Gasteiger partial charge is 0.485 e. The van der Waals surface area contributed by atoms with Crippen LogP contribution in [0, 0.1) is 0 Å². The normalized spacial score (nSPS) is 18.4. The van der Waals surface area contributed by atoms with E-state index < -0.39 is 0 Å². The maximum absolute atomic E-state index is 12.8. The molecule has 0 N–H and O–H groups in total. The van der Waals surface area contributed by atoms with Gasteiger partial charge in [0, 0.05) is 56.0 Å². The van der Waals surface area contributed by atoms with Crippen LogP contribution in [0.1, 0.15) is 43.0 Å². The molecule has 1 fully saturated rings. The van der Waals surface area contributed by atoms with Crippen molar-refractivity contribution in [1.82, 2.24) is 4.90 Å². The van der Waals surface area contributed by atoms with Crippen LogP contribution in [0.5, 0.6) is 5.75 Å². The Balaban J connectivity index is 1.49. The number of halogens is 1. The van der Waals surface area contributed by atoms with Gasteiger partial charge in [-0.1, -0.05) is 36.7 Å². The second-order valence-electron chi connectivity index (χ2n) is 7.79. The quantitative estimate of drug-likeness (QED) is 0.728. The number of hydrogen-bond donors (Lipinski definition) is 0.